The normalized spacial score (nSPS) is 12.7. The van der Waals surface area contributed by atoms with Gasteiger partial charge in [0.2, 0.25) is 5.88 Å². The minimum absolute atomic E-state index is 0.219. The van der Waals surface area contributed by atoms with Crippen molar-refractivity contribution < 1.29 is 14.6 Å². The number of ether oxygens (including phenoxy) is 2. The molecule has 2 aromatic rings. The predicted octanol–water partition coefficient (Wildman–Crippen LogP) is 2.93. The van der Waals surface area contributed by atoms with E-state index in [9.17, 15) is 5.11 Å². The first-order valence-electron chi connectivity index (χ1n) is 8.50. The van der Waals surface area contributed by atoms with Gasteiger partial charge in [-0.2, -0.15) is 0 Å². The molecule has 0 radical (unpaired) electrons. The summed E-state index contributed by atoms with van der Waals surface area (Å²) >= 11 is 5.70. The third-order valence-corrected chi connectivity index (χ3v) is 3.98. The van der Waals surface area contributed by atoms with E-state index >= 15 is 0 Å². The number of aliphatic hydroxyl groups is 1. The number of halogens is 1. The molecule has 0 aliphatic rings. The third kappa shape index (κ3) is 6.78. The second-order valence-electron chi connectivity index (χ2n) is 6.98. The minimum atomic E-state index is -0.635. The molecular formula is C19H26ClN3O3. The largest absolute Gasteiger partial charge is 0.491 e. The number of β-amino-alcohol motifs (C(OH)–C–C–N with tert-alkyl or cyclic N) is 1. The topological polar surface area (TPSA) is 76.5 Å². The van der Waals surface area contributed by atoms with Gasteiger partial charge in [0, 0.05) is 18.2 Å². The summed E-state index contributed by atoms with van der Waals surface area (Å²) in [4.78, 5) is 0. The molecule has 0 fully saturated rings. The van der Waals surface area contributed by atoms with Crippen LogP contribution >= 0.6 is 11.6 Å². The molecule has 0 bridgehead atoms. The van der Waals surface area contributed by atoms with Crippen LogP contribution in [-0.4, -0.2) is 46.7 Å². The van der Waals surface area contributed by atoms with E-state index in [2.05, 4.69) is 15.5 Å². The fourth-order valence-electron chi connectivity index (χ4n) is 2.19. The van der Waals surface area contributed by atoms with Crippen molar-refractivity contribution in [2.75, 3.05) is 19.8 Å². The Balaban J connectivity index is 1.75. The van der Waals surface area contributed by atoms with Gasteiger partial charge in [-0.05, 0) is 51.0 Å². The summed E-state index contributed by atoms with van der Waals surface area (Å²) in [7, 11) is 0. The van der Waals surface area contributed by atoms with Gasteiger partial charge in [-0.1, -0.05) is 23.7 Å². The van der Waals surface area contributed by atoms with Crippen molar-refractivity contribution >= 4 is 11.6 Å². The number of hydrogen-bond donors (Lipinski definition) is 2. The maximum Gasteiger partial charge on any atom is 0.233 e. The van der Waals surface area contributed by atoms with Crippen molar-refractivity contribution in [1.82, 2.24) is 15.5 Å². The summed E-state index contributed by atoms with van der Waals surface area (Å²) in [6.45, 7) is 8.93. The van der Waals surface area contributed by atoms with Gasteiger partial charge < -0.3 is 19.9 Å². The SMILES string of the molecule is Cc1ccc(C)c(OCC(O)CNC(C)(C)COc2ccc(Cl)nn2)c1. The second-order valence-corrected chi connectivity index (χ2v) is 7.37. The van der Waals surface area contributed by atoms with Gasteiger partial charge in [0.05, 0.1) is 0 Å². The van der Waals surface area contributed by atoms with Gasteiger partial charge in [-0.15, -0.1) is 10.2 Å². The van der Waals surface area contributed by atoms with E-state index in [1.165, 1.54) is 0 Å². The Morgan fingerprint density at radius 1 is 1.15 bits per heavy atom. The molecule has 0 amide bonds. The van der Waals surface area contributed by atoms with Crippen LogP contribution in [0.1, 0.15) is 25.0 Å². The first kappa shape index (κ1) is 20.4. The number of rotatable bonds is 9. The molecule has 0 aliphatic carbocycles. The van der Waals surface area contributed by atoms with Gasteiger partial charge in [-0.3, -0.25) is 0 Å². The van der Waals surface area contributed by atoms with Crippen molar-refractivity contribution in [3.63, 3.8) is 0 Å². The second kappa shape index (κ2) is 9.16. The molecule has 142 valence electrons. The molecule has 0 spiro atoms. The zero-order chi connectivity index (χ0) is 19.2. The van der Waals surface area contributed by atoms with Crippen LogP contribution in [0.4, 0.5) is 0 Å². The molecule has 7 heteroatoms. The Kier molecular flexibility index (Phi) is 7.20. The highest BCUT2D eigenvalue weighted by molar-refractivity contribution is 6.29. The molecule has 26 heavy (non-hydrogen) atoms. The average Bonchev–Trinajstić information content (AvgIpc) is 2.60. The lowest BCUT2D eigenvalue weighted by atomic mass is 10.1. The summed E-state index contributed by atoms with van der Waals surface area (Å²) in [5, 5.41) is 21.4. The Hall–Kier alpha value is -1.89. The van der Waals surface area contributed by atoms with Crippen molar-refractivity contribution in [2.24, 2.45) is 0 Å². The fraction of sp³-hybridized carbons (Fsp3) is 0.474. The Morgan fingerprint density at radius 3 is 2.62 bits per heavy atom. The lowest BCUT2D eigenvalue weighted by Gasteiger charge is -2.27. The van der Waals surface area contributed by atoms with Crippen LogP contribution in [0.5, 0.6) is 11.6 Å². The summed E-state index contributed by atoms with van der Waals surface area (Å²) < 4.78 is 11.3. The van der Waals surface area contributed by atoms with E-state index in [4.69, 9.17) is 21.1 Å². The highest BCUT2D eigenvalue weighted by Gasteiger charge is 2.20. The van der Waals surface area contributed by atoms with E-state index < -0.39 is 6.10 Å². The molecule has 1 atom stereocenters. The maximum absolute atomic E-state index is 10.2. The summed E-state index contributed by atoms with van der Waals surface area (Å²) in [6, 6.07) is 9.31. The molecule has 1 aromatic heterocycles. The molecule has 1 unspecified atom stereocenters. The number of hydrogen-bond acceptors (Lipinski definition) is 6. The van der Waals surface area contributed by atoms with Crippen LogP contribution in [0.25, 0.3) is 0 Å². The molecule has 1 heterocycles. The molecule has 2 rings (SSSR count). The Bertz CT molecular complexity index is 708. The number of benzene rings is 1. The number of nitrogens with zero attached hydrogens (tertiary/aromatic N) is 2. The zero-order valence-corrected chi connectivity index (χ0v) is 16.4. The zero-order valence-electron chi connectivity index (χ0n) is 15.6. The molecular weight excluding hydrogens is 354 g/mol. The Morgan fingerprint density at radius 2 is 1.92 bits per heavy atom. The first-order valence-corrected chi connectivity index (χ1v) is 8.88. The number of aliphatic hydroxyl groups excluding tert-OH is 1. The maximum atomic E-state index is 10.2. The average molecular weight is 380 g/mol. The smallest absolute Gasteiger partial charge is 0.233 e. The van der Waals surface area contributed by atoms with Crippen LogP contribution in [0.2, 0.25) is 5.15 Å². The van der Waals surface area contributed by atoms with E-state index in [0.717, 1.165) is 16.9 Å². The first-order chi connectivity index (χ1) is 12.2. The molecule has 0 saturated heterocycles. The lowest BCUT2D eigenvalue weighted by molar-refractivity contribution is 0.0920. The molecule has 0 aliphatic heterocycles. The lowest BCUT2D eigenvalue weighted by Crippen LogP contribution is -2.48. The number of nitrogens with one attached hydrogen (secondary N) is 1. The van der Waals surface area contributed by atoms with Crippen LogP contribution in [0.3, 0.4) is 0 Å². The van der Waals surface area contributed by atoms with E-state index in [-0.39, 0.29) is 12.1 Å². The van der Waals surface area contributed by atoms with Gasteiger partial charge in [0.1, 0.15) is 25.1 Å². The van der Waals surface area contributed by atoms with Crippen molar-refractivity contribution in [3.8, 4) is 11.6 Å². The van der Waals surface area contributed by atoms with Crippen molar-refractivity contribution in [3.05, 3.63) is 46.6 Å². The monoisotopic (exact) mass is 379 g/mol. The van der Waals surface area contributed by atoms with E-state index in [0.29, 0.717) is 24.2 Å². The third-order valence-electron chi connectivity index (χ3n) is 3.78. The van der Waals surface area contributed by atoms with Crippen LogP contribution in [0.15, 0.2) is 30.3 Å². The molecule has 1 aromatic carbocycles. The van der Waals surface area contributed by atoms with E-state index in [1.807, 2.05) is 45.9 Å². The molecule has 2 N–H and O–H groups in total. The van der Waals surface area contributed by atoms with Crippen molar-refractivity contribution in [1.29, 1.82) is 0 Å². The summed E-state index contributed by atoms with van der Waals surface area (Å²) in [6.07, 6.45) is -0.635. The predicted molar refractivity (Wildman–Crippen MR) is 102 cm³/mol. The number of aromatic nitrogens is 2. The highest BCUT2D eigenvalue weighted by atomic mass is 35.5. The molecule has 0 saturated carbocycles. The highest BCUT2D eigenvalue weighted by Crippen LogP contribution is 2.19. The summed E-state index contributed by atoms with van der Waals surface area (Å²) in [5.74, 6) is 1.20. The van der Waals surface area contributed by atoms with Gasteiger partial charge in [-0.25, -0.2) is 0 Å². The fourth-order valence-corrected chi connectivity index (χ4v) is 2.29. The van der Waals surface area contributed by atoms with Gasteiger partial charge >= 0.3 is 0 Å². The van der Waals surface area contributed by atoms with Gasteiger partial charge in [0.15, 0.2) is 5.15 Å². The standard InChI is InChI=1S/C19H26ClN3O3/c1-13-5-6-14(2)16(9-13)25-11-15(24)10-21-19(3,4)12-26-18-8-7-17(20)22-23-18/h5-9,15,21,24H,10-12H2,1-4H3. The molecule has 6 nitrogen and oxygen atoms in total. The van der Waals surface area contributed by atoms with Crippen LogP contribution in [-0.2, 0) is 0 Å². The minimum Gasteiger partial charge on any atom is -0.491 e. The Labute approximate surface area is 159 Å². The van der Waals surface area contributed by atoms with Gasteiger partial charge in [0.25, 0.3) is 0 Å². The number of aryl methyl sites for hydroxylation is 2. The van der Waals surface area contributed by atoms with Crippen molar-refractivity contribution in [2.45, 2.75) is 39.3 Å². The van der Waals surface area contributed by atoms with Crippen LogP contribution in [0, 0.1) is 13.8 Å². The quantitative estimate of drug-likeness (QED) is 0.697. The van der Waals surface area contributed by atoms with E-state index in [1.54, 1.807) is 12.1 Å². The van der Waals surface area contributed by atoms with Crippen LogP contribution < -0.4 is 14.8 Å². The summed E-state index contributed by atoms with van der Waals surface area (Å²) in [5.41, 5.74) is 1.82.